The third-order valence-corrected chi connectivity index (χ3v) is 5.03. The van der Waals surface area contributed by atoms with Crippen molar-refractivity contribution >= 4 is 23.9 Å². The van der Waals surface area contributed by atoms with E-state index >= 15 is 0 Å². The number of rotatable bonds is 8. The first kappa shape index (κ1) is 22.9. The van der Waals surface area contributed by atoms with Crippen molar-refractivity contribution in [3.8, 4) is 0 Å². The summed E-state index contributed by atoms with van der Waals surface area (Å²) in [6.45, 7) is 7.12. The molecule has 1 aromatic carbocycles. The molecule has 9 heteroatoms. The lowest BCUT2D eigenvalue weighted by atomic mass is 10.1. The second-order valence-corrected chi connectivity index (χ2v) is 7.91. The third-order valence-electron chi connectivity index (χ3n) is 5.03. The van der Waals surface area contributed by atoms with E-state index in [1.54, 1.807) is 4.90 Å². The predicted molar refractivity (Wildman–Crippen MR) is 126 cm³/mol. The van der Waals surface area contributed by atoms with Gasteiger partial charge in [-0.1, -0.05) is 29.8 Å². The van der Waals surface area contributed by atoms with Crippen LogP contribution in [0.5, 0.6) is 0 Å². The number of carbonyl (C=O) groups is 1. The van der Waals surface area contributed by atoms with Crippen LogP contribution < -0.4 is 16.0 Å². The van der Waals surface area contributed by atoms with Crippen LogP contribution in [-0.2, 0) is 17.8 Å². The second-order valence-electron chi connectivity index (χ2n) is 7.91. The largest absolute Gasteiger partial charge is 0.368 e. The zero-order chi connectivity index (χ0) is 23.3. The summed E-state index contributed by atoms with van der Waals surface area (Å²) in [5, 5.41) is 7.49. The molecule has 3 aromatic rings. The number of hydrogen-bond donors (Lipinski definition) is 2. The standard InChI is InChI=1S/C23H30N8O/c1-15-6-8-18(9-7-15)14-31-17(3)19(16(2)29-31)10-11-21(32)25-13-12-20-26-22(24)28-23(27-20)30(4)5/h6-11H,12-14H2,1-5H3,(H,25,32)(H2,24,26,27,28)/b11-10+. The maximum Gasteiger partial charge on any atom is 0.244 e. The Morgan fingerprint density at radius 2 is 1.84 bits per heavy atom. The van der Waals surface area contributed by atoms with E-state index in [0.29, 0.717) is 31.3 Å². The van der Waals surface area contributed by atoms with Crippen molar-refractivity contribution in [1.29, 1.82) is 0 Å². The summed E-state index contributed by atoms with van der Waals surface area (Å²) in [6.07, 6.45) is 3.80. The van der Waals surface area contributed by atoms with E-state index in [4.69, 9.17) is 5.73 Å². The van der Waals surface area contributed by atoms with Crippen LogP contribution in [0.25, 0.3) is 6.08 Å². The number of carbonyl (C=O) groups excluding carboxylic acids is 1. The highest BCUT2D eigenvalue weighted by Gasteiger charge is 2.10. The summed E-state index contributed by atoms with van der Waals surface area (Å²) in [4.78, 5) is 26.6. The molecule has 3 rings (SSSR count). The first-order chi connectivity index (χ1) is 15.2. The Bertz CT molecular complexity index is 1120. The zero-order valence-electron chi connectivity index (χ0n) is 19.3. The molecule has 168 valence electrons. The summed E-state index contributed by atoms with van der Waals surface area (Å²) < 4.78 is 1.96. The van der Waals surface area contributed by atoms with Gasteiger partial charge in [0.2, 0.25) is 17.8 Å². The minimum absolute atomic E-state index is 0.165. The molecule has 0 aliphatic heterocycles. The summed E-state index contributed by atoms with van der Waals surface area (Å²) in [5.74, 6) is 1.00. The molecule has 32 heavy (non-hydrogen) atoms. The van der Waals surface area contributed by atoms with Gasteiger partial charge in [-0.25, -0.2) is 0 Å². The monoisotopic (exact) mass is 434 g/mol. The van der Waals surface area contributed by atoms with Gasteiger partial charge >= 0.3 is 0 Å². The van der Waals surface area contributed by atoms with Gasteiger partial charge in [-0.15, -0.1) is 0 Å². The van der Waals surface area contributed by atoms with E-state index < -0.39 is 0 Å². The van der Waals surface area contributed by atoms with E-state index in [9.17, 15) is 4.79 Å². The molecule has 0 radical (unpaired) electrons. The fraction of sp³-hybridized carbons (Fsp3) is 0.348. The Kier molecular flexibility index (Phi) is 7.19. The molecule has 0 unspecified atom stereocenters. The minimum atomic E-state index is -0.190. The fourth-order valence-electron chi connectivity index (χ4n) is 3.22. The van der Waals surface area contributed by atoms with Gasteiger partial charge in [-0.3, -0.25) is 9.48 Å². The van der Waals surface area contributed by atoms with Crippen LogP contribution in [0.1, 0.15) is 33.9 Å². The number of nitrogens with zero attached hydrogens (tertiary/aromatic N) is 6. The van der Waals surface area contributed by atoms with Crippen LogP contribution in [0.15, 0.2) is 30.3 Å². The van der Waals surface area contributed by atoms with Crippen LogP contribution in [-0.4, -0.2) is 51.3 Å². The molecule has 3 N–H and O–H groups in total. The number of aryl methyl sites for hydroxylation is 2. The summed E-state index contributed by atoms with van der Waals surface area (Å²) in [5.41, 5.74) is 11.0. The van der Waals surface area contributed by atoms with Crippen molar-refractivity contribution in [2.45, 2.75) is 33.7 Å². The summed E-state index contributed by atoms with van der Waals surface area (Å²) in [6, 6.07) is 8.41. The molecule has 0 saturated heterocycles. The van der Waals surface area contributed by atoms with Gasteiger partial charge in [-0.2, -0.15) is 20.1 Å². The average Bonchev–Trinajstić information content (AvgIpc) is 3.00. The lowest BCUT2D eigenvalue weighted by Gasteiger charge is -2.11. The number of amides is 1. The number of nitrogens with one attached hydrogen (secondary N) is 1. The van der Waals surface area contributed by atoms with Crippen molar-refractivity contribution < 1.29 is 4.79 Å². The van der Waals surface area contributed by atoms with Crippen molar-refractivity contribution in [3.05, 3.63) is 64.2 Å². The quantitative estimate of drug-likeness (QED) is 0.522. The number of hydrogen-bond acceptors (Lipinski definition) is 7. The number of nitrogen functional groups attached to an aromatic ring is 1. The highest BCUT2D eigenvalue weighted by atomic mass is 16.1. The number of nitrogens with two attached hydrogens (primary N) is 1. The van der Waals surface area contributed by atoms with Crippen LogP contribution in [0.4, 0.5) is 11.9 Å². The normalized spacial score (nSPS) is 11.2. The smallest absolute Gasteiger partial charge is 0.244 e. The second kappa shape index (κ2) is 10.0. The number of anilines is 2. The van der Waals surface area contributed by atoms with E-state index in [-0.39, 0.29) is 11.9 Å². The highest BCUT2D eigenvalue weighted by Crippen LogP contribution is 2.16. The van der Waals surface area contributed by atoms with Crippen molar-refractivity contribution in [1.82, 2.24) is 30.0 Å². The minimum Gasteiger partial charge on any atom is -0.368 e. The Hall–Kier alpha value is -3.75. The van der Waals surface area contributed by atoms with Crippen LogP contribution in [0.2, 0.25) is 0 Å². The molecule has 2 aromatic heterocycles. The van der Waals surface area contributed by atoms with Gasteiger partial charge in [0.15, 0.2) is 0 Å². The zero-order valence-corrected chi connectivity index (χ0v) is 19.3. The third kappa shape index (κ3) is 5.90. The molecule has 1 amide bonds. The average molecular weight is 435 g/mol. The van der Waals surface area contributed by atoms with Crippen molar-refractivity contribution in [2.24, 2.45) is 0 Å². The van der Waals surface area contributed by atoms with Crippen molar-refractivity contribution in [2.75, 3.05) is 31.3 Å². The van der Waals surface area contributed by atoms with E-state index in [1.807, 2.05) is 38.7 Å². The first-order valence-corrected chi connectivity index (χ1v) is 10.5. The van der Waals surface area contributed by atoms with E-state index in [2.05, 4.69) is 56.6 Å². The summed E-state index contributed by atoms with van der Waals surface area (Å²) >= 11 is 0. The summed E-state index contributed by atoms with van der Waals surface area (Å²) in [7, 11) is 3.66. The maximum atomic E-state index is 12.3. The first-order valence-electron chi connectivity index (χ1n) is 10.5. The molecule has 2 heterocycles. The molecule has 0 fully saturated rings. The van der Waals surface area contributed by atoms with E-state index in [1.165, 1.54) is 17.2 Å². The van der Waals surface area contributed by atoms with Gasteiger partial charge in [-0.05, 0) is 32.4 Å². The molecular weight excluding hydrogens is 404 g/mol. The molecule has 0 atom stereocenters. The Balaban J connectivity index is 1.58. The SMILES string of the molecule is Cc1ccc(Cn2nc(C)c(/C=C/C(=O)NCCc3nc(N)nc(N(C)C)n3)c2C)cc1. The fourth-order valence-corrected chi connectivity index (χ4v) is 3.22. The number of benzene rings is 1. The van der Waals surface area contributed by atoms with Gasteiger partial charge < -0.3 is 16.0 Å². The van der Waals surface area contributed by atoms with Crippen LogP contribution >= 0.6 is 0 Å². The molecule has 0 spiro atoms. The maximum absolute atomic E-state index is 12.3. The van der Waals surface area contributed by atoms with Gasteiger partial charge in [0.25, 0.3) is 0 Å². The highest BCUT2D eigenvalue weighted by molar-refractivity contribution is 5.92. The number of aromatic nitrogens is 5. The van der Waals surface area contributed by atoms with Crippen LogP contribution in [0.3, 0.4) is 0 Å². The lowest BCUT2D eigenvalue weighted by molar-refractivity contribution is -0.116. The van der Waals surface area contributed by atoms with Gasteiger partial charge in [0.05, 0.1) is 12.2 Å². The molecule has 0 saturated carbocycles. The predicted octanol–water partition coefficient (Wildman–Crippen LogP) is 2.06. The lowest BCUT2D eigenvalue weighted by Crippen LogP contribution is -2.25. The van der Waals surface area contributed by atoms with Crippen molar-refractivity contribution in [3.63, 3.8) is 0 Å². The molecule has 0 bridgehead atoms. The molecule has 0 aliphatic carbocycles. The molecular formula is C23H30N8O. The Labute approximate surface area is 188 Å². The topological polar surface area (TPSA) is 115 Å². The molecule has 0 aliphatic rings. The van der Waals surface area contributed by atoms with Crippen LogP contribution in [0, 0.1) is 20.8 Å². The van der Waals surface area contributed by atoms with Gasteiger partial charge in [0, 0.05) is 44.4 Å². The Morgan fingerprint density at radius 1 is 1.12 bits per heavy atom. The Morgan fingerprint density at radius 3 is 2.53 bits per heavy atom. The molecule has 9 nitrogen and oxygen atoms in total. The van der Waals surface area contributed by atoms with Gasteiger partial charge in [0.1, 0.15) is 5.82 Å². The van der Waals surface area contributed by atoms with E-state index in [0.717, 1.165) is 17.0 Å².